The molecular weight excluding hydrogens is 273 g/mol. The third-order valence-corrected chi connectivity index (χ3v) is 3.43. The molecule has 2 rings (SSSR count). The molecule has 0 bridgehead atoms. The van der Waals surface area contributed by atoms with E-state index >= 15 is 0 Å². The molecule has 0 spiro atoms. The second kappa shape index (κ2) is 5.32. The number of hydrogen-bond acceptors (Lipinski definition) is 3. The van der Waals surface area contributed by atoms with Crippen molar-refractivity contribution >= 4 is 5.91 Å². The number of rotatable bonds is 4. The molecule has 0 aliphatic heterocycles. The van der Waals surface area contributed by atoms with Crippen LogP contribution in [0.2, 0.25) is 0 Å². The summed E-state index contributed by atoms with van der Waals surface area (Å²) in [7, 11) is 0. The van der Waals surface area contributed by atoms with Gasteiger partial charge in [0.25, 0.3) is 5.91 Å². The van der Waals surface area contributed by atoms with Crippen molar-refractivity contribution in [3.05, 3.63) is 29.8 Å². The third kappa shape index (κ3) is 3.41. The first kappa shape index (κ1) is 14.6. The first-order valence-electron chi connectivity index (χ1n) is 6.22. The highest BCUT2D eigenvalue weighted by Crippen LogP contribution is 2.31. The van der Waals surface area contributed by atoms with E-state index in [9.17, 15) is 18.0 Å². The van der Waals surface area contributed by atoms with Gasteiger partial charge in [-0.15, -0.1) is 13.2 Å². The number of carbonyl (C=O) groups excluding carboxylic acids is 1. The zero-order valence-corrected chi connectivity index (χ0v) is 10.7. The molecule has 0 heterocycles. The lowest BCUT2D eigenvalue weighted by Gasteiger charge is -2.41. The van der Waals surface area contributed by atoms with Gasteiger partial charge in [0.1, 0.15) is 5.75 Å². The predicted octanol–water partition coefficient (Wildman–Crippen LogP) is 2.20. The van der Waals surface area contributed by atoms with Gasteiger partial charge in [0.2, 0.25) is 0 Å². The molecule has 1 aromatic rings. The van der Waals surface area contributed by atoms with Gasteiger partial charge in [0.15, 0.2) is 0 Å². The molecular formula is C13H15F3N2O2. The average Bonchev–Trinajstić information content (AvgIpc) is 2.32. The fourth-order valence-corrected chi connectivity index (χ4v) is 2.10. The maximum atomic E-state index is 12.0. The van der Waals surface area contributed by atoms with Crippen molar-refractivity contribution in [1.82, 2.24) is 5.32 Å². The number of halogens is 3. The monoisotopic (exact) mass is 288 g/mol. The van der Waals surface area contributed by atoms with Gasteiger partial charge in [0, 0.05) is 12.1 Å². The summed E-state index contributed by atoms with van der Waals surface area (Å²) in [6.07, 6.45) is -2.08. The number of nitrogens with two attached hydrogens (primary N) is 1. The van der Waals surface area contributed by atoms with E-state index in [1.165, 1.54) is 12.1 Å². The van der Waals surface area contributed by atoms with Crippen molar-refractivity contribution in [3.63, 3.8) is 0 Å². The molecule has 20 heavy (non-hydrogen) atoms. The van der Waals surface area contributed by atoms with E-state index in [2.05, 4.69) is 10.1 Å². The van der Waals surface area contributed by atoms with Gasteiger partial charge in [-0.25, -0.2) is 0 Å². The van der Waals surface area contributed by atoms with Crippen LogP contribution >= 0.6 is 0 Å². The number of alkyl halides is 3. The molecule has 3 N–H and O–H groups in total. The number of amides is 1. The second-order valence-electron chi connectivity index (χ2n) is 4.86. The van der Waals surface area contributed by atoms with Crippen LogP contribution in [0.25, 0.3) is 0 Å². The summed E-state index contributed by atoms with van der Waals surface area (Å²) in [5.74, 6) is -0.694. The lowest BCUT2D eigenvalue weighted by atomic mass is 9.76. The van der Waals surface area contributed by atoms with Gasteiger partial charge in [-0.2, -0.15) is 0 Å². The Morgan fingerprint density at radius 1 is 1.30 bits per heavy atom. The van der Waals surface area contributed by atoms with Crippen molar-refractivity contribution in [3.8, 4) is 5.75 Å². The normalized spacial score (nSPS) is 17.2. The number of carbonyl (C=O) groups is 1. The van der Waals surface area contributed by atoms with E-state index in [0.717, 1.165) is 31.4 Å². The van der Waals surface area contributed by atoms with Gasteiger partial charge in [-0.3, -0.25) is 4.79 Å². The molecule has 0 aromatic heterocycles. The lowest BCUT2D eigenvalue weighted by molar-refractivity contribution is -0.274. The van der Waals surface area contributed by atoms with Gasteiger partial charge in [0.05, 0.1) is 5.54 Å². The summed E-state index contributed by atoms with van der Waals surface area (Å²) < 4.78 is 39.8. The van der Waals surface area contributed by atoms with Crippen molar-refractivity contribution < 1.29 is 22.7 Å². The van der Waals surface area contributed by atoms with Crippen LogP contribution in [-0.2, 0) is 0 Å². The Bertz CT molecular complexity index is 476. The summed E-state index contributed by atoms with van der Waals surface area (Å²) in [5, 5.41) is 2.84. The lowest BCUT2D eigenvalue weighted by Crippen LogP contribution is -2.58. The molecule has 0 atom stereocenters. The van der Waals surface area contributed by atoms with E-state index in [-0.39, 0.29) is 22.8 Å². The van der Waals surface area contributed by atoms with Crippen LogP contribution in [0.15, 0.2) is 24.3 Å². The molecule has 0 unspecified atom stereocenters. The summed E-state index contributed by atoms with van der Waals surface area (Å²) in [5.41, 5.74) is 5.54. The highest BCUT2D eigenvalue weighted by molar-refractivity contribution is 5.94. The predicted molar refractivity (Wildman–Crippen MR) is 66.2 cm³/mol. The zero-order valence-electron chi connectivity index (χ0n) is 10.7. The molecule has 1 fully saturated rings. The second-order valence-corrected chi connectivity index (χ2v) is 4.86. The topological polar surface area (TPSA) is 64.3 Å². The average molecular weight is 288 g/mol. The molecule has 0 radical (unpaired) electrons. The Kier molecular flexibility index (Phi) is 3.89. The zero-order chi connectivity index (χ0) is 14.8. The van der Waals surface area contributed by atoms with Crippen LogP contribution in [0.4, 0.5) is 13.2 Å². The van der Waals surface area contributed by atoms with Gasteiger partial charge < -0.3 is 15.8 Å². The van der Waals surface area contributed by atoms with Crippen LogP contribution in [-0.4, -0.2) is 24.4 Å². The Balaban J connectivity index is 2.00. The molecule has 110 valence electrons. The standard InChI is InChI=1S/C13H15F3N2O2/c14-13(15,16)20-10-4-2-9(3-5-10)11(19)18-12(8-17)6-1-7-12/h2-5H,1,6-8,17H2,(H,18,19). The third-order valence-electron chi connectivity index (χ3n) is 3.43. The minimum atomic E-state index is -4.74. The van der Waals surface area contributed by atoms with Crippen LogP contribution in [0, 0.1) is 0 Å². The number of ether oxygens (including phenoxy) is 1. The molecule has 1 aliphatic rings. The van der Waals surface area contributed by atoms with E-state index in [1.54, 1.807) is 0 Å². The minimum Gasteiger partial charge on any atom is -0.406 e. The van der Waals surface area contributed by atoms with E-state index < -0.39 is 6.36 Å². The van der Waals surface area contributed by atoms with Crippen molar-refractivity contribution in [2.45, 2.75) is 31.2 Å². The van der Waals surface area contributed by atoms with Crippen LogP contribution in [0.5, 0.6) is 5.75 Å². The number of benzene rings is 1. The molecule has 1 saturated carbocycles. The summed E-state index contributed by atoms with van der Waals surface area (Å²) in [6, 6.07) is 4.80. The van der Waals surface area contributed by atoms with Crippen LogP contribution < -0.4 is 15.8 Å². The Hall–Kier alpha value is -1.76. The van der Waals surface area contributed by atoms with Gasteiger partial charge in [-0.05, 0) is 43.5 Å². The largest absolute Gasteiger partial charge is 0.573 e. The maximum Gasteiger partial charge on any atom is 0.573 e. The minimum absolute atomic E-state index is 0.277. The Morgan fingerprint density at radius 2 is 1.90 bits per heavy atom. The molecule has 1 aliphatic carbocycles. The van der Waals surface area contributed by atoms with E-state index in [4.69, 9.17) is 5.73 Å². The van der Waals surface area contributed by atoms with Gasteiger partial charge in [-0.1, -0.05) is 0 Å². The van der Waals surface area contributed by atoms with Crippen molar-refractivity contribution in [2.75, 3.05) is 6.54 Å². The summed E-state index contributed by atoms with van der Waals surface area (Å²) >= 11 is 0. The van der Waals surface area contributed by atoms with Crippen LogP contribution in [0.3, 0.4) is 0 Å². The molecule has 1 aromatic carbocycles. The fraction of sp³-hybridized carbons (Fsp3) is 0.462. The van der Waals surface area contributed by atoms with E-state index in [1.807, 2.05) is 0 Å². The first-order valence-corrected chi connectivity index (χ1v) is 6.22. The smallest absolute Gasteiger partial charge is 0.406 e. The Labute approximate surface area is 114 Å². The molecule has 0 saturated heterocycles. The number of hydrogen-bond donors (Lipinski definition) is 2. The van der Waals surface area contributed by atoms with Gasteiger partial charge >= 0.3 is 6.36 Å². The fourth-order valence-electron chi connectivity index (χ4n) is 2.10. The van der Waals surface area contributed by atoms with Crippen LogP contribution in [0.1, 0.15) is 29.6 Å². The molecule has 1 amide bonds. The highest BCUT2D eigenvalue weighted by atomic mass is 19.4. The quantitative estimate of drug-likeness (QED) is 0.892. The van der Waals surface area contributed by atoms with E-state index in [0.29, 0.717) is 6.54 Å². The first-order chi connectivity index (χ1) is 9.34. The molecule has 4 nitrogen and oxygen atoms in total. The molecule has 7 heteroatoms. The van der Waals surface area contributed by atoms with Crippen molar-refractivity contribution in [1.29, 1.82) is 0 Å². The van der Waals surface area contributed by atoms with Crippen molar-refractivity contribution in [2.24, 2.45) is 5.73 Å². The Morgan fingerprint density at radius 3 is 2.30 bits per heavy atom. The SMILES string of the molecule is NCC1(NC(=O)c2ccc(OC(F)(F)F)cc2)CCC1. The maximum absolute atomic E-state index is 12.0. The number of nitrogens with one attached hydrogen (secondary N) is 1. The summed E-state index contributed by atoms with van der Waals surface area (Å²) in [6.45, 7) is 0.355. The summed E-state index contributed by atoms with van der Waals surface area (Å²) in [4.78, 5) is 12.0. The highest BCUT2D eigenvalue weighted by Gasteiger charge is 2.37.